The van der Waals surface area contributed by atoms with E-state index in [9.17, 15) is 22.0 Å². The molecular weight excluding hydrogens is 439 g/mol. The number of halogens is 5. The molecule has 0 radical (unpaired) electrons. The van der Waals surface area contributed by atoms with E-state index in [1.165, 1.54) is 10.9 Å². The van der Waals surface area contributed by atoms with Gasteiger partial charge in [0.05, 0.1) is 10.9 Å². The zero-order chi connectivity index (χ0) is 22.5. The van der Waals surface area contributed by atoms with E-state index in [1.807, 2.05) is 11.2 Å². The molecule has 6 nitrogen and oxygen atoms in total. The van der Waals surface area contributed by atoms with Crippen molar-refractivity contribution in [1.29, 1.82) is 0 Å². The normalized spacial score (nSPS) is 15.8. The van der Waals surface area contributed by atoms with Crippen LogP contribution in [-0.4, -0.2) is 56.5 Å². The Morgan fingerprint density at radius 1 is 1.06 bits per heavy atom. The average Bonchev–Trinajstić information content (AvgIpc) is 3.07. The first kappa shape index (κ1) is 21.8. The lowest BCUT2D eigenvalue weighted by molar-refractivity contribution is -0.140. The highest BCUT2D eigenvalue weighted by Gasteiger charge is 2.37. The van der Waals surface area contributed by atoms with Gasteiger partial charge in [-0.3, -0.25) is 0 Å². The van der Waals surface area contributed by atoms with Crippen LogP contribution in [0.15, 0.2) is 12.3 Å². The van der Waals surface area contributed by atoms with Gasteiger partial charge in [-0.2, -0.15) is 23.3 Å². The molecule has 1 aliphatic rings. The van der Waals surface area contributed by atoms with Crippen molar-refractivity contribution < 1.29 is 22.0 Å². The summed E-state index contributed by atoms with van der Waals surface area (Å²) in [6.07, 6.45) is -1.54. The molecule has 0 atom stereocenters. The first-order chi connectivity index (χ1) is 14.6. The molecule has 0 spiro atoms. The highest BCUT2D eigenvalue weighted by molar-refractivity contribution is 7.96. The second-order valence-electron chi connectivity index (χ2n) is 7.20. The van der Waals surface area contributed by atoms with E-state index < -0.39 is 34.5 Å². The van der Waals surface area contributed by atoms with Gasteiger partial charge in [0.2, 0.25) is 5.95 Å². The monoisotopic (exact) mass is 458 g/mol. The van der Waals surface area contributed by atoms with Crippen molar-refractivity contribution >= 4 is 28.9 Å². The Bertz CT molecular complexity index is 1140. The van der Waals surface area contributed by atoms with Crippen LogP contribution in [0.3, 0.4) is 0 Å². The van der Waals surface area contributed by atoms with Gasteiger partial charge in [-0.1, -0.05) is 11.9 Å². The maximum atomic E-state index is 14.8. The number of nitrogens with zero attached hydrogens (tertiary/aromatic N) is 6. The van der Waals surface area contributed by atoms with E-state index in [0.29, 0.717) is 17.7 Å². The minimum Gasteiger partial charge on any atom is -0.338 e. The van der Waals surface area contributed by atoms with Crippen LogP contribution in [0.25, 0.3) is 22.3 Å². The Hall–Kier alpha value is -2.47. The summed E-state index contributed by atoms with van der Waals surface area (Å²) in [5, 5.41) is 4.46. The van der Waals surface area contributed by atoms with Gasteiger partial charge < -0.3 is 4.90 Å². The maximum absolute atomic E-state index is 14.8. The van der Waals surface area contributed by atoms with E-state index in [4.69, 9.17) is 0 Å². The van der Waals surface area contributed by atoms with Gasteiger partial charge in [-0.05, 0) is 19.2 Å². The van der Waals surface area contributed by atoms with E-state index in [-0.39, 0.29) is 11.1 Å². The lowest BCUT2D eigenvalue weighted by Gasteiger charge is -2.33. The molecule has 1 aromatic carbocycles. The van der Waals surface area contributed by atoms with Crippen molar-refractivity contribution in [2.45, 2.75) is 13.1 Å². The van der Waals surface area contributed by atoms with Crippen molar-refractivity contribution in [3.63, 3.8) is 0 Å². The second kappa shape index (κ2) is 7.90. The third kappa shape index (κ3) is 3.82. The van der Waals surface area contributed by atoms with E-state index in [0.717, 1.165) is 33.1 Å². The summed E-state index contributed by atoms with van der Waals surface area (Å²) >= 11 is 1.66. The number of piperazine rings is 1. The Morgan fingerprint density at radius 2 is 1.74 bits per heavy atom. The number of benzene rings is 1. The molecule has 0 N–H and O–H groups in total. The van der Waals surface area contributed by atoms with Crippen LogP contribution in [0.2, 0.25) is 0 Å². The molecule has 0 saturated carbocycles. The molecule has 0 aliphatic carbocycles. The predicted molar refractivity (Wildman–Crippen MR) is 109 cm³/mol. The Kier molecular flexibility index (Phi) is 5.54. The van der Waals surface area contributed by atoms with Crippen molar-refractivity contribution in [3.05, 3.63) is 35.0 Å². The highest BCUT2D eigenvalue weighted by Crippen LogP contribution is 2.39. The van der Waals surface area contributed by atoms with Crippen LogP contribution in [0.4, 0.5) is 27.9 Å². The molecule has 0 amide bonds. The molecule has 1 aliphatic heterocycles. The van der Waals surface area contributed by atoms with Gasteiger partial charge in [0.25, 0.3) is 0 Å². The molecule has 3 heterocycles. The number of aromatic nitrogens is 4. The molecule has 3 aromatic rings. The third-order valence-electron chi connectivity index (χ3n) is 5.33. The second-order valence-corrected chi connectivity index (χ2v) is 8.08. The quantitative estimate of drug-likeness (QED) is 0.436. The predicted octanol–water partition coefficient (Wildman–Crippen LogP) is 4.04. The maximum Gasteiger partial charge on any atom is 0.419 e. The first-order valence-corrected chi connectivity index (χ1v) is 10.6. The van der Waals surface area contributed by atoms with Crippen molar-refractivity contribution in [2.24, 2.45) is 7.05 Å². The zero-order valence-electron chi connectivity index (χ0n) is 17.0. The fraction of sp³-hybridized carbons (Fsp3) is 0.421. The number of rotatable bonds is 3. The van der Waals surface area contributed by atoms with Crippen molar-refractivity contribution in [3.8, 4) is 11.3 Å². The summed E-state index contributed by atoms with van der Waals surface area (Å²) in [6.45, 7) is 4.08. The van der Waals surface area contributed by atoms with Crippen LogP contribution in [0, 0.1) is 18.6 Å². The van der Waals surface area contributed by atoms with Crippen LogP contribution >= 0.6 is 11.9 Å². The number of hydrogen-bond acceptors (Lipinski definition) is 6. The highest BCUT2D eigenvalue weighted by atomic mass is 32.2. The summed E-state index contributed by atoms with van der Waals surface area (Å²) in [5.41, 5.74) is -2.41. The van der Waals surface area contributed by atoms with Crippen molar-refractivity contribution in [2.75, 3.05) is 37.3 Å². The number of fused-ring (bicyclic) bond motifs is 1. The smallest absolute Gasteiger partial charge is 0.338 e. The van der Waals surface area contributed by atoms with Gasteiger partial charge >= 0.3 is 6.18 Å². The Morgan fingerprint density at radius 3 is 2.35 bits per heavy atom. The van der Waals surface area contributed by atoms with Crippen LogP contribution in [0.5, 0.6) is 0 Å². The lowest BCUT2D eigenvalue weighted by Crippen LogP contribution is -2.44. The topological polar surface area (TPSA) is 50.1 Å². The Labute approximate surface area is 179 Å². The number of aryl methyl sites for hydroxylation is 1. The molecule has 2 aromatic heterocycles. The van der Waals surface area contributed by atoms with E-state index in [2.05, 4.69) is 19.4 Å². The van der Waals surface area contributed by atoms with Gasteiger partial charge in [0.15, 0.2) is 5.65 Å². The largest absolute Gasteiger partial charge is 0.419 e. The Balaban J connectivity index is 1.79. The number of hydrogen-bond donors (Lipinski definition) is 0. The summed E-state index contributed by atoms with van der Waals surface area (Å²) in [6, 6.07) is 0.453. The minimum absolute atomic E-state index is 0.0673. The molecule has 31 heavy (non-hydrogen) atoms. The zero-order valence-corrected chi connectivity index (χ0v) is 17.8. The standard InChI is InChI=1S/C19H19F5N6S/c1-10-14(20)11(8-13(15(10)21)19(22,23)24)16-12-9-25-18(26-17(12)28(2)27-16)29-4-6-30(31-3)7-5-29/h8-9H,4-7H2,1-3H3. The average molecular weight is 458 g/mol. The number of alkyl halides is 3. The van der Waals surface area contributed by atoms with Crippen LogP contribution in [0.1, 0.15) is 11.1 Å². The van der Waals surface area contributed by atoms with Crippen molar-refractivity contribution in [1.82, 2.24) is 24.1 Å². The minimum atomic E-state index is -4.97. The SMILES string of the molecule is CSN1CCN(c2ncc3c(-c4cc(C(F)(F)F)c(F)c(C)c4F)nn(C)c3n2)CC1. The van der Waals surface area contributed by atoms with E-state index >= 15 is 0 Å². The molecule has 1 fully saturated rings. The van der Waals surface area contributed by atoms with Gasteiger partial charge in [-0.15, -0.1) is 0 Å². The fourth-order valence-electron chi connectivity index (χ4n) is 3.60. The first-order valence-electron chi connectivity index (χ1n) is 9.41. The van der Waals surface area contributed by atoms with Gasteiger partial charge in [0, 0.05) is 50.6 Å². The van der Waals surface area contributed by atoms with Gasteiger partial charge in [-0.25, -0.2) is 22.8 Å². The van der Waals surface area contributed by atoms with Crippen LogP contribution < -0.4 is 4.90 Å². The molecule has 12 heteroatoms. The molecule has 166 valence electrons. The molecule has 0 bridgehead atoms. The van der Waals surface area contributed by atoms with Gasteiger partial charge in [0.1, 0.15) is 17.3 Å². The summed E-state index contributed by atoms with van der Waals surface area (Å²) in [5.74, 6) is -2.26. The molecule has 4 rings (SSSR count). The lowest BCUT2D eigenvalue weighted by atomic mass is 10.0. The molecular formula is C19H19F5N6S. The summed E-state index contributed by atoms with van der Waals surface area (Å²) in [7, 11) is 1.56. The summed E-state index contributed by atoms with van der Waals surface area (Å²) in [4.78, 5) is 10.8. The molecule has 1 saturated heterocycles. The van der Waals surface area contributed by atoms with Crippen LogP contribution in [-0.2, 0) is 13.2 Å². The fourth-order valence-corrected chi connectivity index (χ4v) is 4.13. The summed E-state index contributed by atoms with van der Waals surface area (Å²) < 4.78 is 72.2. The number of anilines is 1. The van der Waals surface area contributed by atoms with E-state index in [1.54, 1.807) is 19.0 Å². The third-order valence-corrected chi connectivity index (χ3v) is 6.21. The molecule has 0 unspecified atom stereocenters.